The van der Waals surface area contributed by atoms with Crippen molar-refractivity contribution in [1.82, 2.24) is 0 Å². The summed E-state index contributed by atoms with van der Waals surface area (Å²) < 4.78 is 4.93. The number of esters is 1. The molecule has 0 heterocycles. The first kappa shape index (κ1) is 24.8. The van der Waals surface area contributed by atoms with Crippen LogP contribution in [0.25, 0.3) is 0 Å². The lowest BCUT2D eigenvalue weighted by atomic mass is 9.42. The highest BCUT2D eigenvalue weighted by molar-refractivity contribution is 5.86. The molecule has 2 spiro atoms. The first-order valence-electron chi connectivity index (χ1n) is 14.5. The van der Waals surface area contributed by atoms with Crippen molar-refractivity contribution in [1.29, 1.82) is 0 Å². The van der Waals surface area contributed by atoms with Gasteiger partial charge in [-0.3, -0.25) is 9.59 Å². The van der Waals surface area contributed by atoms with E-state index in [0.29, 0.717) is 33.4 Å². The fourth-order valence-electron chi connectivity index (χ4n) is 11.4. The Morgan fingerprint density at radius 1 is 0.912 bits per heavy atom. The molecule has 3 nitrogen and oxygen atoms in total. The van der Waals surface area contributed by atoms with Crippen molar-refractivity contribution >= 4 is 11.8 Å². The number of carbonyl (C=O) groups is 2. The number of ether oxygens (including phenoxy) is 1. The number of methoxy groups -OCH3 is 1. The third kappa shape index (κ3) is 3.00. The molecule has 0 bridgehead atoms. The standard InChI is InChI=1S/C31H50O3/c1-20(9-8-10-21(2)26(33)34-7)22-13-15-29(6)24-12-11-23-27(3,4)25(32)14-16-30(23)19-31(24,30)18-17-28(22,29)5/h20-24H,8-19H2,1-7H3. The molecular weight excluding hydrogens is 420 g/mol. The molecule has 5 fully saturated rings. The maximum Gasteiger partial charge on any atom is 0.308 e. The second-order valence-electron chi connectivity index (χ2n) is 14.6. The lowest BCUT2D eigenvalue weighted by Gasteiger charge is -2.62. The highest BCUT2D eigenvalue weighted by Crippen LogP contribution is 2.88. The molecule has 0 amide bonds. The summed E-state index contributed by atoms with van der Waals surface area (Å²) in [6.07, 6.45) is 14.9. The number of Topliss-reactive ketones (excluding diaryl/α,β-unsaturated/α-hetero) is 1. The van der Waals surface area contributed by atoms with Gasteiger partial charge < -0.3 is 4.74 Å². The first-order chi connectivity index (χ1) is 15.9. The summed E-state index contributed by atoms with van der Waals surface area (Å²) in [5, 5.41) is 0. The Hall–Kier alpha value is -0.860. The van der Waals surface area contributed by atoms with Gasteiger partial charge in [0.15, 0.2) is 0 Å². The molecule has 0 aromatic rings. The smallest absolute Gasteiger partial charge is 0.308 e. The zero-order valence-electron chi connectivity index (χ0n) is 23.1. The van der Waals surface area contributed by atoms with E-state index < -0.39 is 0 Å². The summed E-state index contributed by atoms with van der Waals surface area (Å²) in [7, 11) is 1.50. The van der Waals surface area contributed by atoms with Crippen LogP contribution in [0.15, 0.2) is 0 Å². The fourth-order valence-corrected chi connectivity index (χ4v) is 11.4. The molecule has 0 radical (unpaired) electrons. The first-order valence-corrected chi connectivity index (χ1v) is 14.5. The molecule has 0 aromatic heterocycles. The van der Waals surface area contributed by atoms with Gasteiger partial charge in [0.25, 0.3) is 0 Å². The van der Waals surface area contributed by atoms with Gasteiger partial charge >= 0.3 is 5.97 Å². The maximum absolute atomic E-state index is 12.9. The van der Waals surface area contributed by atoms with Gasteiger partial charge in [0.1, 0.15) is 5.78 Å². The Bertz CT molecular complexity index is 861. The number of fused-ring (bicyclic) bond motifs is 2. The van der Waals surface area contributed by atoms with Gasteiger partial charge in [-0.1, -0.05) is 54.4 Å². The zero-order valence-corrected chi connectivity index (χ0v) is 23.1. The summed E-state index contributed by atoms with van der Waals surface area (Å²) in [5.41, 5.74) is 1.79. The SMILES string of the molecule is COC(=O)C(C)CCCC(C)C1CCC2(C)C3CCC4C(C)(C)C(=O)CCC45CC35CCC12C. The van der Waals surface area contributed by atoms with Crippen LogP contribution in [0.3, 0.4) is 0 Å². The molecule has 9 unspecified atom stereocenters. The van der Waals surface area contributed by atoms with Crippen molar-refractivity contribution in [2.24, 2.45) is 56.7 Å². The minimum atomic E-state index is -0.109. The van der Waals surface area contributed by atoms with Crippen molar-refractivity contribution in [3.05, 3.63) is 0 Å². The Kier molecular flexibility index (Phi) is 5.71. The van der Waals surface area contributed by atoms with Crippen molar-refractivity contribution in [3.63, 3.8) is 0 Å². The number of hydrogen-bond donors (Lipinski definition) is 0. The van der Waals surface area contributed by atoms with Crippen LogP contribution in [0.4, 0.5) is 0 Å². The predicted molar refractivity (Wildman–Crippen MR) is 136 cm³/mol. The van der Waals surface area contributed by atoms with Crippen LogP contribution in [-0.4, -0.2) is 18.9 Å². The highest BCUT2D eigenvalue weighted by Gasteiger charge is 2.82. The number of ketones is 1. The Labute approximate surface area is 208 Å². The summed E-state index contributed by atoms with van der Waals surface area (Å²) in [5.74, 6) is 3.50. The number of rotatable bonds is 6. The van der Waals surface area contributed by atoms with Crippen LogP contribution in [0.1, 0.15) is 119 Å². The van der Waals surface area contributed by atoms with Crippen LogP contribution in [-0.2, 0) is 14.3 Å². The predicted octanol–water partition coefficient (Wildman–Crippen LogP) is 7.61. The van der Waals surface area contributed by atoms with E-state index in [1.807, 2.05) is 6.92 Å². The van der Waals surface area contributed by atoms with Crippen LogP contribution in [0, 0.1) is 56.7 Å². The Morgan fingerprint density at radius 2 is 1.59 bits per heavy atom. The van der Waals surface area contributed by atoms with E-state index in [1.54, 1.807) is 0 Å². The molecule has 0 aromatic carbocycles. The average Bonchev–Trinajstić information content (AvgIpc) is 3.38. The van der Waals surface area contributed by atoms with E-state index in [0.717, 1.165) is 37.0 Å². The molecule has 5 aliphatic carbocycles. The molecule has 0 N–H and O–H groups in total. The summed E-state index contributed by atoms with van der Waals surface area (Å²) in [4.78, 5) is 24.7. The van der Waals surface area contributed by atoms with E-state index >= 15 is 0 Å². The molecule has 3 heteroatoms. The van der Waals surface area contributed by atoms with Crippen LogP contribution >= 0.6 is 0 Å². The van der Waals surface area contributed by atoms with E-state index in [-0.39, 0.29) is 17.3 Å². The van der Waals surface area contributed by atoms with Gasteiger partial charge in [0.05, 0.1) is 13.0 Å². The van der Waals surface area contributed by atoms with Crippen LogP contribution in [0.2, 0.25) is 0 Å². The van der Waals surface area contributed by atoms with E-state index in [1.165, 1.54) is 64.9 Å². The summed E-state index contributed by atoms with van der Waals surface area (Å²) >= 11 is 0. The quantitative estimate of drug-likeness (QED) is 0.375. The number of hydrogen-bond acceptors (Lipinski definition) is 3. The molecule has 192 valence electrons. The molecule has 5 rings (SSSR count). The lowest BCUT2D eigenvalue weighted by molar-refractivity contribution is -0.157. The Morgan fingerprint density at radius 3 is 2.29 bits per heavy atom. The average molecular weight is 471 g/mol. The zero-order chi connectivity index (χ0) is 24.7. The molecular formula is C31H50O3. The molecule has 0 saturated heterocycles. The molecule has 5 aliphatic rings. The normalized spacial score (nSPS) is 48.1. The Balaban J connectivity index is 1.32. The minimum absolute atomic E-state index is 0.0176. The minimum Gasteiger partial charge on any atom is -0.469 e. The van der Waals surface area contributed by atoms with Gasteiger partial charge in [0, 0.05) is 11.8 Å². The van der Waals surface area contributed by atoms with Gasteiger partial charge in [-0.05, 0) is 103 Å². The van der Waals surface area contributed by atoms with Gasteiger partial charge in [-0.25, -0.2) is 0 Å². The molecule has 5 saturated carbocycles. The third-order valence-corrected chi connectivity index (χ3v) is 13.5. The van der Waals surface area contributed by atoms with Crippen LogP contribution < -0.4 is 0 Å². The van der Waals surface area contributed by atoms with E-state index in [2.05, 4.69) is 34.6 Å². The summed E-state index contributed by atoms with van der Waals surface area (Å²) in [6, 6.07) is 0. The second kappa shape index (κ2) is 7.82. The van der Waals surface area contributed by atoms with E-state index in [4.69, 9.17) is 4.74 Å². The third-order valence-electron chi connectivity index (χ3n) is 13.5. The van der Waals surface area contributed by atoms with E-state index in [9.17, 15) is 9.59 Å². The monoisotopic (exact) mass is 470 g/mol. The van der Waals surface area contributed by atoms with Crippen molar-refractivity contribution < 1.29 is 14.3 Å². The summed E-state index contributed by atoms with van der Waals surface area (Å²) in [6.45, 7) is 14.4. The number of carbonyl (C=O) groups excluding carboxylic acids is 2. The van der Waals surface area contributed by atoms with Crippen LogP contribution in [0.5, 0.6) is 0 Å². The molecule has 34 heavy (non-hydrogen) atoms. The van der Waals surface area contributed by atoms with Crippen molar-refractivity contribution in [2.45, 2.75) is 119 Å². The second-order valence-corrected chi connectivity index (χ2v) is 14.6. The van der Waals surface area contributed by atoms with Gasteiger partial charge in [0.2, 0.25) is 0 Å². The maximum atomic E-state index is 12.9. The molecule has 9 atom stereocenters. The molecule has 0 aliphatic heterocycles. The largest absolute Gasteiger partial charge is 0.469 e. The van der Waals surface area contributed by atoms with Crippen molar-refractivity contribution in [2.75, 3.05) is 7.11 Å². The van der Waals surface area contributed by atoms with Gasteiger partial charge in [-0.15, -0.1) is 0 Å². The van der Waals surface area contributed by atoms with Crippen molar-refractivity contribution in [3.8, 4) is 0 Å². The highest BCUT2D eigenvalue weighted by atomic mass is 16.5. The lowest BCUT2D eigenvalue weighted by Crippen LogP contribution is -2.57. The van der Waals surface area contributed by atoms with Gasteiger partial charge in [-0.2, -0.15) is 0 Å². The topological polar surface area (TPSA) is 43.4 Å². The fraction of sp³-hybridized carbons (Fsp3) is 0.935.